The summed E-state index contributed by atoms with van der Waals surface area (Å²) in [6.07, 6.45) is 0. The van der Waals surface area contributed by atoms with E-state index in [0.717, 1.165) is 15.7 Å². The van der Waals surface area contributed by atoms with E-state index in [1.165, 1.54) is 0 Å². The third-order valence-corrected chi connectivity index (χ3v) is 2.66. The predicted molar refractivity (Wildman–Crippen MR) is 61.1 cm³/mol. The Kier molecular flexibility index (Phi) is 2.57. The normalized spacial score (nSPS) is 9.93. The molecule has 1 aromatic carbocycles. The van der Waals surface area contributed by atoms with Crippen LogP contribution in [0.3, 0.4) is 0 Å². The smallest absolute Gasteiger partial charge is 0.163 e. The van der Waals surface area contributed by atoms with Crippen LogP contribution in [0.1, 0.15) is 5.69 Å². The molecule has 0 spiro atoms. The van der Waals surface area contributed by atoms with Gasteiger partial charge in [0.05, 0.1) is 5.69 Å². The number of rotatable bonds is 1. The van der Waals surface area contributed by atoms with Gasteiger partial charge in [0.15, 0.2) is 5.69 Å². The van der Waals surface area contributed by atoms with Crippen molar-refractivity contribution in [3.05, 3.63) is 40.5 Å². The Morgan fingerprint density at radius 2 is 2.00 bits per heavy atom. The zero-order chi connectivity index (χ0) is 10.8. The van der Waals surface area contributed by atoms with Crippen molar-refractivity contribution in [3.63, 3.8) is 0 Å². The Hall–Kier alpha value is -1.60. The fourth-order valence-corrected chi connectivity index (χ4v) is 1.68. The molecule has 1 heterocycles. The topological polar surface area (TPSA) is 41.6 Å². The van der Waals surface area contributed by atoms with Gasteiger partial charge in [0.25, 0.3) is 0 Å². The summed E-state index contributed by atoms with van der Waals surface area (Å²) in [7, 11) is 1.83. The minimum atomic E-state index is 0.440. The number of hydrogen-bond donors (Lipinski definition) is 0. The van der Waals surface area contributed by atoms with E-state index in [1.807, 2.05) is 37.4 Å². The maximum Gasteiger partial charge on any atom is 0.163 e. The summed E-state index contributed by atoms with van der Waals surface area (Å²) in [6.45, 7) is 0. The van der Waals surface area contributed by atoms with Crippen molar-refractivity contribution in [2.45, 2.75) is 0 Å². The summed E-state index contributed by atoms with van der Waals surface area (Å²) in [6, 6.07) is 11.7. The first-order chi connectivity index (χ1) is 7.20. The van der Waals surface area contributed by atoms with Crippen molar-refractivity contribution in [1.82, 2.24) is 9.78 Å². The van der Waals surface area contributed by atoms with E-state index in [9.17, 15) is 0 Å². The van der Waals surface area contributed by atoms with Crippen LogP contribution in [-0.2, 0) is 7.05 Å². The fraction of sp³-hybridized carbons (Fsp3) is 0.0909. The maximum atomic E-state index is 8.73. The molecule has 0 unspecified atom stereocenters. The van der Waals surface area contributed by atoms with E-state index in [1.54, 1.807) is 10.7 Å². The average Bonchev–Trinajstić information content (AvgIpc) is 2.61. The molecule has 4 heteroatoms. The highest BCUT2D eigenvalue weighted by Gasteiger charge is 2.06. The van der Waals surface area contributed by atoms with Gasteiger partial charge in [-0.2, -0.15) is 10.4 Å². The summed E-state index contributed by atoms with van der Waals surface area (Å²) < 4.78 is 2.75. The van der Waals surface area contributed by atoms with Crippen molar-refractivity contribution in [2.24, 2.45) is 7.05 Å². The summed E-state index contributed by atoms with van der Waals surface area (Å²) in [5, 5.41) is 12.8. The minimum Gasteiger partial charge on any atom is -0.267 e. The monoisotopic (exact) mass is 261 g/mol. The molecule has 0 N–H and O–H groups in total. The lowest BCUT2D eigenvalue weighted by atomic mass is 10.1. The van der Waals surface area contributed by atoms with Gasteiger partial charge in [-0.1, -0.05) is 28.1 Å². The standard InChI is InChI=1S/C11H8BrN3/c1-15-11(6-10(7-13)14-15)8-2-4-9(12)5-3-8/h2-6H,1H3. The molecule has 0 radical (unpaired) electrons. The van der Waals surface area contributed by atoms with Gasteiger partial charge in [-0.3, -0.25) is 4.68 Å². The van der Waals surface area contributed by atoms with Gasteiger partial charge in [-0.15, -0.1) is 0 Å². The van der Waals surface area contributed by atoms with Crippen molar-refractivity contribution in [3.8, 4) is 17.3 Å². The predicted octanol–water partition coefficient (Wildman–Crippen LogP) is 2.72. The highest BCUT2D eigenvalue weighted by Crippen LogP contribution is 2.21. The maximum absolute atomic E-state index is 8.73. The highest BCUT2D eigenvalue weighted by molar-refractivity contribution is 9.10. The van der Waals surface area contributed by atoms with Crippen LogP contribution < -0.4 is 0 Å². The molecule has 1 aromatic heterocycles. The van der Waals surface area contributed by atoms with Gasteiger partial charge >= 0.3 is 0 Å². The van der Waals surface area contributed by atoms with Crippen LogP contribution in [0.5, 0.6) is 0 Å². The second kappa shape index (κ2) is 3.87. The van der Waals surface area contributed by atoms with Crippen LogP contribution in [0.2, 0.25) is 0 Å². The second-order valence-electron chi connectivity index (χ2n) is 3.16. The number of aryl methyl sites for hydroxylation is 1. The molecule has 0 saturated heterocycles. The molecule has 2 rings (SSSR count). The summed E-state index contributed by atoms with van der Waals surface area (Å²) in [5.74, 6) is 0. The molecule has 0 atom stereocenters. The Morgan fingerprint density at radius 3 is 2.53 bits per heavy atom. The SMILES string of the molecule is Cn1nc(C#N)cc1-c1ccc(Br)cc1. The second-order valence-corrected chi connectivity index (χ2v) is 4.07. The number of nitrogens with zero attached hydrogens (tertiary/aromatic N) is 3. The lowest BCUT2D eigenvalue weighted by molar-refractivity contribution is 0.771. The van der Waals surface area contributed by atoms with Crippen LogP contribution in [0.15, 0.2) is 34.8 Å². The van der Waals surface area contributed by atoms with Crippen LogP contribution in [0.25, 0.3) is 11.3 Å². The lowest BCUT2D eigenvalue weighted by Crippen LogP contribution is -1.93. The molecule has 3 nitrogen and oxygen atoms in total. The molecular formula is C11H8BrN3. The van der Waals surface area contributed by atoms with Crippen LogP contribution in [0, 0.1) is 11.3 Å². The summed E-state index contributed by atoms with van der Waals surface area (Å²) >= 11 is 3.38. The molecule has 74 valence electrons. The molecule has 0 aliphatic heterocycles. The molecule has 0 amide bonds. The van der Waals surface area contributed by atoms with E-state index in [4.69, 9.17) is 5.26 Å². The third kappa shape index (κ3) is 1.92. The molecule has 0 aliphatic rings. The highest BCUT2D eigenvalue weighted by atomic mass is 79.9. The van der Waals surface area contributed by atoms with Gasteiger partial charge in [0.1, 0.15) is 6.07 Å². The minimum absolute atomic E-state index is 0.440. The van der Waals surface area contributed by atoms with E-state index < -0.39 is 0 Å². The first kappa shape index (κ1) is 9.94. The fourth-order valence-electron chi connectivity index (χ4n) is 1.41. The molecule has 0 aliphatic carbocycles. The molecule has 0 saturated carbocycles. The van der Waals surface area contributed by atoms with E-state index >= 15 is 0 Å². The summed E-state index contributed by atoms with van der Waals surface area (Å²) in [5.41, 5.74) is 2.43. The van der Waals surface area contributed by atoms with E-state index in [0.29, 0.717) is 5.69 Å². The van der Waals surface area contributed by atoms with E-state index in [2.05, 4.69) is 21.0 Å². The number of hydrogen-bond acceptors (Lipinski definition) is 2. The number of benzene rings is 1. The van der Waals surface area contributed by atoms with Crippen molar-refractivity contribution in [1.29, 1.82) is 5.26 Å². The summed E-state index contributed by atoms with van der Waals surface area (Å²) in [4.78, 5) is 0. The van der Waals surface area contributed by atoms with Crippen LogP contribution in [-0.4, -0.2) is 9.78 Å². The van der Waals surface area contributed by atoms with Crippen LogP contribution >= 0.6 is 15.9 Å². The first-order valence-electron chi connectivity index (χ1n) is 4.41. The molecule has 0 fully saturated rings. The quantitative estimate of drug-likeness (QED) is 0.792. The van der Waals surface area contributed by atoms with Crippen molar-refractivity contribution < 1.29 is 0 Å². The van der Waals surface area contributed by atoms with Gasteiger partial charge in [0.2, 0.25) is 0 Å². The lowest BCUT2D eigenvalue weighted by Gasteiger charge is -2.00. The largest absolute Gasteiger partial charge is 0.267 e. The molecule has 2 aromatic rings. The Morgan fingerprint density at radius 1 is 1.33 bits per heavy atom. The van der Waals surface area contributed by atoms with Gasteiger partial charge < -0.3 is 0 Å². The zero-order valence-corrected chi connectivity index (χ0v) is 9.69. The Labute approximate surface area is 96.1 Å². The third-order valence-electron chi connectivity index (χ3n) is 2.13. The van der Waals surface area contributed by atoms with Crippen LogP contribution in [0.4, 0.5) is 0 Å². The Bertz CT molecular complexity index is 520. The first-order valence-corrected chi connectivity index (χ1v) is 5.20. The van der Waals surface area contributed by atoms with Gasteiger partial charge in [-0.05, 0) is 17.7 Å². The molecular weight excluding hydrogens is 254 g/mol. The number of nitriles is 1. The number of halogens is 1. The van der Waals surface area contributed by atoms with Gasteiger partial charge in [-0.25, -0.2) is 0 Å². The molecule has 0 bridgehead atoms. The number of aromatic nitrogens is 2. The van der Waals surface area contributed by atoms with E-state index in [-0.39, 0.29) is 0 Å². The Balaban J connectivity index is 2.50. The van der Waals surface area contributed by atoms with Gasteiger partial charge in [0, 0.05) is 17.6 Å². The zero-order valence-electron chi connectivity index (χ0n) is 8.11. The average molecular weight is 262 g/mol. The van der Waals surface area contributed by atoms with Crippen molar-refractivity contribution >= 4 is 15.9 Å². The molecule has 15 heavy (non-hydrogen) atoms. The van der Waals surface area contributed by atoms with Crippen molar-refractivity contribution in [2.75, 3.05) is 0 Å².